The van der Waals surface area contributed by atoms with Gasteiger partial charge in [-0.25, -0.2) is 9.59 Å². The monoisotopic (exact) mass is 523 g/mol. The second-order valence-corrected chi connectivity index (χ2v) is 8.35. The number of alkyl halides is 3. The molecule has 2 atom stereocenters. The Morgan fingerprint density at radius 3 is 2.44 bits per heavy atom. The molecule has 36 heavy (non-hydrogen) atoms. The number of carboxylic acid groups (broad SMARTS) is 1. The number of hydrogen-bond donors (Lipinski definition) is 2. The predicted octanol–water partition coefficient (Wildman–Crippen LogP) is 4.62. The molecular weight excluding hydrogens is 507 g/mol. The lowest BCUT2D eigenvalue weighted by atomic mass is 9.77. The van der Waals surface area contributed by atoms with Crippen molar-refractivity contribution in [1.82, 2.24) is 14.8 Å². The van der Waals surface area contributed by atoms with E-state index in [9.17, 15) is 27.9 Å². The number of nitrogens with zero attached hydrogens (tertiary/aromatic N) is 3. The minimum absolute atomic E-state index is 0.0302. The van der Waals surface area contributed by atoms with E-state index in [1.807, 2.05) is 0 Å². The zero-order chi connectivity index (χ0) is 26.4. The van der Waals surface area contributed by atoms with Crippen molar-refractivity contribution in [2.45, 2.75) is 24.6 Å². The molecule has 0 fully saturated rings. The molecular formula is C23H17ClF3N3O6. The van der Waals surface area contributed by atoms with E-state index in [0.29, 0.717) is 0 Å². The van der Waals surface area contributed by atoms with Crippen LogP contribution in [0.4, 0.5) is 13.2 Å². The first kappa shape index (κ1) is 25.2. The van der Waals surface area contributed by atoms with Gasteiger partial charge in [-0.15, -0.1) is 10.2 Å². The van der Waals surface area contributed by atoms with E-state index in [-0.39, 0.29) is 39.0 Å². The molecule has 0 radical (unpaired) electrons. The molecule has 0 aliphatic heterocycles. The molecule has 0 aliphatic rings. The summed E-state index contributed by atoms with van der Waals surface area (Å²) in [6.07, 6.45) is -5.12. The zero-order valence-electron chi connectivity index (χ0n) is 18.6. The third kappa shape index (κ3) is 4.29. The van der Waals surface area contributed by atoms with Gasteiger partial charge in [-0.05, 0) is 41.5 Å². The Hall–Kier alpha value is -3.90. The Morgan fingerprint density at radius 1 is 1.14 bits per heavy atom. The number of aromatic nitrogens is 3. The Bertz CT molecular complexity index is 1520. The summed E-state index contributed by atoms with van der Waals surface area (Å²) in [6, 6.07) is 9.52. The fourth-order valence-electron chi connectivity index (χ4n) is 3.78. The van der Waals surface area contributed by atoms with E-state index in [1.165, 1.54) is 50.4 Å². The van der Waals surface area contributed by atoms with Gasteiger partial charge in [-0.3, -0.25) is 4.57 Å². The minimum Gasteiger partial charge on any atom is -0.476 e. The fraction of sp³-hybridized carbons (Fsp3) is 0.217. The lowest BCUT2D eigenvalue weighted by molar-refractivity contribution is -0.274. The van der Waals surface area contributed by atoms with Gasteiger partial charge in [-0.2, -0.15) is 13.2 Å². The van der Waals surface area contributed by atoms with Crippen LogP contribution in [0.1, 0.15) is 34.5 Å². The first-order valence-corrected chi connectivity index (χ1v) is 10.6. The number of fused-ring (bicyclic) bond motifs is 1. The van der Waals surface area contributed by atoms with Crippen LogP contribution in [0.25, 0.3) is 11.1 Å². The molecule has 4 rings (SSSR count). The summed E-state index contributed by atoms with van der Waals surface area (Å²) in [5, 5.41) is 26.9. The molecule has 2 N–H and O–H groups in total. The molecule has 9 nitrogen and oxygen atoms in total. The second-order valence-electron chi connectivity index (χ2n) is 7.94. The van der Waals surface area contributed by atoms with E-state index in [0.717, 1.165) is 16.7 Å². The summed E-state index contributed by atoms with van der Waals surface area (Å²) in [5.41, 5.74) is -4.06. The standard InChI is InChI=1S/C23H17ClF3N3O6/c1-11(14-5-4-13(10-15(14)24)35-19-8-6-16(20(31)32)28-29-19)22(34,23(25,26)27)12-3-7-18-17(9-12)30(2)21(33)36-18/h3-11,34H,1-2H3,(H,31,32)/t11-,22-/m1/s1. The molecule has 2 aromatic heterocycles. The zero-order valence-corrected chi connectivity index (χ0v) is 19.3. The van der Waals surface area contributed by atoms with E-state index in [2.05, 4.69) is 10.2 Å². The van der Waals surface area contributed by atoms with E-state index >= 15 is 0 Å². The average molecular weight is 524 g/mol. The van der Waals surface area contributed by atoms with Crippen LogP contribution in [0.5, 0.6) is 11.6 Å². The quantitative estimate of drug-likeness (QED) is 0.375. The smallest absolute Gasteiger partial charge is 0.422 e. The first-order valence-electron chi connectivity index (χ1n) is 10.3. The van der Waals surface area contributed by atoms with Crippen LogP contribution in [0.2, 0.25) is 5.02 Å². The number of aromatic carboxylic acids is 1. The van der Waals surface area contributed by atoms with Gasteiger partial charge in [0.1, 0.15) is 5.75 Å². The van der Waals surface area contributed by atoms with Crippen molar-refractivity contribution in [1.29, 1.82) is 0 Å². The fourth-order valence-corrected chi connectivity index (χ4v) is 4.11. The van der Waals surface area contributed by atoms with Gasteiger partial charge in [0.2, 0.25) is 5.88 Å². The summed E-state index contributed by atoms with van der Waals surface area (Å²) >= 11 is 6.29. The largest absolute Gasteiger partial charge is 0.476 e. The van der Waals surface area contributed by atoms with E-state index in [4.69, 9.17) is 25.9 Å². The Labute approximate surface area is 205 Å². The third-order valence-electron chi connectivity index (χ3n) is 5.81. The molecule has 0 unspecified atom stereocenters. The molecule has 188 valence electrons. The van der Waals surface area contributed by atoms with Crippen LogP contribution in [0.15, 0.2) is 57.7 Å². The van der Waals surface area contributed by atoms with Crippen LogP contribution < -0.4 is 10.5 Å². The maximum absolute atomic E-state index is 14.4. The minimum atomic E-state index is -5.12. The lowest BCUT2D eigenvalue weighted by Gasteiger charge is -2.37. The van der Waals surface area contributed by atoms with Gasteiger partial charge in [0, 0.05) is 24.1 Å². The summed E-state index contributed by atoms with van der Waals surface area (Å²) in [7, 11) is 1.34. The van der Waals surface area contributed by atoms with Gasteiger partial charge < -0.3 is 19.4 Å². The van der Waals surface area contributed by atoms with Crippen molar-refractivity contribution in [3.8, 4) is 11.6 Å². The highest BCUT2D eigenvalue weighted by molar-refractivity contribution is 6.31. The van der Waals surface area contributed by atoms with E-state index in [1.54, 1.807) is 0 Å². The molecule has 0 bridgehead atoms. The molecule has 2 heterocycles. The molecule has 0 amide bonds. The SMILES string of the molecule is C[C@H](c1ccc(Oc2ccc(C(=O)O)nn2)cc1Cl)[C@@](O)(c1ccc2oc(=O)n(C)c2c1)C(F)(F)F. The molecule has 0 aliphatic carbocycles. The Balaban J connectivity index is 1.70. The topological polar surface area (TPSA) is 128 Å². The molecule has 13 heteroatoms. The number of rotatable bonds is 6. The van der Waals surface area contributed by atoms with Crippen molar-refractivity contribution in [2.24, 2.45) is 7.05 Å². The maximum Gasteiger partial charge on any atom is 0.422 e. The molecule has 0 saturated heterocycles. The highest BCUT2D eigenvalue weighted by Crippen LogP contribution is 2.50. The Morgan fingerprint density at radius 2 is 1.86 bits per heavy atom. The number of carbonyl (C=O) groups is 1. The van der Waals surface area contributed by atoms with Crippen LogP contribution in [0.3, 0.4) is 0 Å². The van der Waals surface area contributed by atoms with Gasteiger partial charge >= 0.3 is 17.9 Å². The van der Waals surface area contributed by atoms with Crippen molar-refractivity contribution >= 4 is 28.7 Å². The number of hydrogen-bond acceptors (Lipinski definition) is 7. The normalized spacial score (nSPS) is 14.4. The van der Waals surface area contributed by atoms with Crippen LogP contribution >= 0.6 is 11.6 Å². The van der Waals surface area contributed by atoms with E-state index < -0.39 is 35.0 Å². The molecule has 0 spiro atoms. The lowest BCUT2D eigenvalue weighted by Crippen LogP contribution is -2.46. The summed E-state index contributed by atoms with van der Waals surface area (Å²) < 4.78 is 54.5. The van der Waals surface area contributed by atoms with Crippen LogP contribution in [-0.2, 0) is 12.6 Å². The number of carboxylic acids is 1. The van der Waals surface area contributed by atoms with Crippen LogP contribution in [-0.4, -0.2) is 37.1 Å². The van der Waals surface area contributed by atoms with Gasteiger partial charge in [0.15, 0.2) is 16.9 Å². The number of ether oxygens (including phenoxy) is 1. The first-order chi connectivity index (χ1) is 16.8. The van der Waals surface area contributed by atoms with Crippen molar-refractivity contribution in [2.75, 3.05) is 0 Å². The number of aliphatic hydroxyl groups is 1. The number of benzene rings is 2. The van der Waals surface area contributed by atoms with Gasteiger partial charge in [0.25, 0.3) is 0 Å². The van der Waals surface area contributed by atoms with Crippen molar-refractivity contribution < 1.29 is 37.3 Å². The highest BCUT2D eigenvalue weighted by Gasteiger charge is 2.59. The average Bonchev–Trinajstić information content (AvgIpc) is 3.10. The third-order valence-corrected chi connectivity index (χ3v) is 6.14. The summed E-state index contributed by atoms with van der Waals surface area (Å²) in [4.78, 5) is 22.6. The molecule has 0 saturated carbocycles. The Kier molecular flexibility index (Phi) is 6.27. The van der Waals surface area contributed by atoms with Crippen molar-refractivity contribution in [3.05, 3.63) is 80.9 Å². The molecule has 2 aromatic carbocycles. The number of oxazole rings is 1. The van der Waals surface area contributed by atoms with Crippen molar-refractivity contribution in [3.63, 3.8) is 0 Å². The van der Waals surface area contributed by atoms with Crippen LogP contribution in [0, 0.1) is 0 Å². The molecule has 4 aromatic rings. The maximum atomic E-state index is 14.4. The summed E-state index contributed by atoms with van der Waals surface area (Å²) in [6.45, 7) is 1.17. The second kappa shape index (κ2) is 8.95. The number of halogens is 4. The highest BCUT2D eigenvalue weighted by atomic mass is 35.5. The number of aryl methyl sites for hydroxylation is 1. The van der Waals surface area contributed by atoms with Gasteiger partial charge in [0.05, 0.1) is 5.52 Å². The predicted molar refractivity (Wildman–Crippen MR) is 120 cm³/mol. The van der Waals surface area contributed by atoms with Gasteiger partial charge in [-0.1, -0.05) is 30.7 Å². The summed E-state index contributed by atoms with van der Waals surface area (Å²) in [5.74, 6) is -3.59.